The first kappa shape index (κ1) is 16.3. The number of urea groups is 1. The third kappa shape index (κ3) is 5.02. The predicted octanol–water partition coefficient (Wildman–Crippen LogP) is 2.31. The van der Waals surface area contributed by atoms with Crippen molar-refractivity contribution in [2.75, 3.05) is 13.1 Å². The zero-order chi connectivity index (χ0) is 15.8. The summed E-state index contributed by atoms with van der Waals surface area (Å²) in [6.45, 7) is 0.599. The van der Waals surface area contributed by atoms with Crippen LogP contribution in [0.25, 0.3) is 0 Å². The second kappa shape index (κ2) is 8.36. The fraction of sp³-hybridized carbons (Fsp3) is 0.250. The van der Waals surface area contributed by atoms with E-state index in [-0.39, 0.29) is 12.6 Å². The Morgan fingerprint density at radius 3 is 2.77 bits per heavy atom. The van der Waals surface area contributed by atoms with Gasteiger partial charge in [-0.2, -0.15) is 0 Å². The maximum absolute atomic E-state index is 11.7. The molecule has 0 aliphatic rings. The molecule has 1 aromatic carbocycles. The molecule has 2 aromatic rings. The summed E-state index contributed by atoms with van der Waals surface area (Å²) in [7, 11) is 0. The third-order valence-corrected chi connectivity index (χ3v) is 3.49. The molecular formula is C16H18ClN3O2. The molecule has 0 aliphatic heterocycles. The molecule has 0 aliphatic carbocycles. The largest absolute Gasteiger partial charge is 0.387 e. The quantitative estimate of drug-likeness (QED) is 0.765. The summed E-state index contributed by atoms with van der Waals surface area (Å²) in [5.41, 5.74) is 1.65. The number of aromatic nitrogens is 1. The van der Waals surface area contributed by atoms with E-state index in [4.69, 9.17) is 11.6 Å². The number of hydrogen-bond acceptors (Lipinski definition) is 3. The second-order valence-electron chi connectivity index (χ2n) is 4.79. The van der Waals surface area contributed by atoms with Gasteiger partial charge in [0.1, 0.15) is 0 Å². The zero-order valence-electron chi connectivity index (χ0n) is 12.0. The lowest BCUT2D eigenvalue weighted by Gasteiger charge is -2.14. The van der Waals surface area contributed by atoms with Crippen LogP contribution in [0.15, 0.2) is 48.8 Å². The van der Waals surface area contributed by atoms with Gasteiger partial charge in [-0.3, -0.25) is 4.98 Å². The first-order chi connectivity index (χ1) is 10.7. The number of pyridine rings is 1. The molecule has 3 N–H and O–H groups in total. The lowest BCUT2D eigenvalue weighted by atomic mass is 10.1. The molecule has 1 atom stereocenters. The van der Waals surface area contributed by atoms with Gasteiger partial charge in [0.15, 0.2) is 0 Å². The molecule has 22 heavy (non-hydrogen) atoms. The van der Waals surface area contributed by atoms with Gasteiger partial charge in [-0.05, 0) is 24.1 Å². The lowest BCUT2D eigenvalue weighted by molar-refractivity contribution is 0.173. The number of hydrogen-bond donors (Lipinski definition) is 3. The van der Waals surface area contributed by atoms with Crippen molar-refractivity contribution in [3.05, 3.63) is 64.9 Å². The van der Waals surface area contributed by atoms with E-state index in [0.717, 1.165) is 5.56 Å². The van der Waals surface area contributed by atoms with Crippen molar-refractivity contribution in [2.45, 2.75) is 12.5 Å². The number of amides is 2. The van der Waals surface area contributed by atoms with Crippen LogP contribution in [-0.4, -0.2) is 29.2 Å². The Labute approximate surface area is 134 Å². The molecule has 2 amide bonds. The van der Waals surface area contributed by atoms with E-state index < -0.39 is 6.10 Å². The Morgan fingerprint density at radius 2 is 2.05 bits per heavy atom. The standard InChI is InChI=1S/C16H18ClN3O2/c17-14-6-2-1-5-13(14)15(21)11-20-16(22)19-9-7-12-4-3-8-18-10-12/h1-6,8,10,15,21H,7,9,11H2,(H2,19,20,22). The number of nitrogens with zero attached hydrogens (tertiary/aromatic N) is 1. The van der Waals surface area contributed by atoms with E-state index >= 15 is 0 Å². The van der Waals surface area contributed by atoms with Gasteiger partial charge in [0.05, 0.1) is 6.10 Å². The molecule has 6 heteroatoms. The summed E-state index contributed by atoms with van der Waals surface area (Å²) in [5.74, 6) is 0. The van der Waals surface area contributed by atoms with Crippen molar-refractivity contribution in [2.24, 2.45) is 0 Å². The number of rotatable bonds is 6. The molecule has 2 rings (SSSR count). The minimum atomic E-state index is -0.835. The molecular weight excluding hydrogens is 302 g/mol. The number of carbonyl (C=O) groups is 1. The summed E-state index contributed by atoms with van der Waals surface area (Å²) in [6.07, 6.45) is 3.34. The summed E-state index contributed by atoms with van der Waals surface area (Å²) in [4.78, 5) is 15.7. The van der Waals surface area contributed by atoms with Crippen molar-refractivity contribution < 1.29 is 9.90 Å². The highest BCUT2D eigenvalue weighted by molar-refractivity contribution is 6.31. The van der Waals surface area contributed by atoms with Crippen molar-refractivity contribution in [3.63, 3.8) is 0 Å². The number of aliphatic hydroxyl groups excluding tert-OH is 1. The Morgan fingerprint density at radius 1 is 1.23 bits per heavy atom. The minimum absolute atomic E-state index is 0.0997. The Balaban J connectivity index is 1.70. The van der Waals surface area contributed by atoms with Gasteiger partial charge < -0.3 is 15.7 Å². The zero-order valence-corrected chi connectivity index (χ0v) is 12.8. The van der Waals surface area contributed by atoms with Crippen LogP contribution in [0, 0.1) is 0 Å². The normalized spacial score (nSPS) is 11.7. The average Bonchev–Trinajstić information content (AvgIpc) is 2.54. The highest BCUT2D eigenvalue weighted by Gasteiger charge is 2.12. The van der Waals surface area contributed by atoms with E-state index in [1.54, 1.807) is 36.7 Å². The van der Waals surface area contributed by atoms with Crippen LogP contribution < -0.4 is 10.6 Å². The van der Waals surface area contributed by atoms with Gasteiger partial charge in [-0.15, -0.1) is 0 Å². The molecule has 1 unspecified atom stereocenters. The highest BCUT2D eigenvalue weighted by Crippen LogP contribution is 2.21. The van der Waals surface area contributed by atoms with E-state index in [1.165, 1.54) is 0 Å². The smallest absolute Gasteiger partial charge is 0.314 e. The molecule has 1 heterocycles. The van der Waals surface area contributed by atoms with Gasteiger partial charge in [-0.25, -0.2) is 4.79 Å². The summed E-state index contributed by atoms with van der Waals surface area (Å²) >= 11 is 5.99. The number of nitrogens with one attached hydrogen (secondary N) is 2. The summed E-state index contributed by atoms with van der Waals surface area (Å²) < 4.78 is 0. The lowest BCUT2D eigenvalue weighted by Crippen LogP contribution is -2.38. The summed E-state index contributed by atoms with van der Waals surface area (Å²) in [5, 5.41) is 15.8. The highest BCUT2D eigenvalue weighted by atomic mass is 35.5. The molecule has 0 radical (unpaired) electrons. The molecule has 0 fully saturated rings. The van der Waals surface area contributed by atoms with Crippen molar-refractivity contribution in [3.8, 4) is 0 Å². The maximum Gasteiger partial charge on any atom is 0.314 e. The van der Waals surface area contributed by atoms with Gasteiger partial charge in [0.2, 0.25) is 0 Å². The second-order valence-corrected chi connectivity index (χ2v) is 5.19. The van der Waals surface area contributed by atoms with Crippen LogP contribution in [-0.2, 0) is 6.42 Å². The predicted molar refractivity (Wildman–Crippen MR) is 85.8 cm³/mol. The average molecular weight is 320 g/mol. The Hall–Kier alpha value is -2.11. The van der Waals surface area contributed by atoms with Crippen LogP contribution in [0.4, 0.5) is 4.79 Å². The maximum atomic E-state index is 11.7. The molecule has 0 saturated carbocycles. The van der Waals surface area contributed by atoms with Crippen molar-refractivity contribution in [1.29, 1.82) is 0 Å². The molecule has 0 saturated heterocycles. The van der Waals surface area contributed by atoms with Gasteiger partial charge in [0.25, 0.3) is 0 Å². The van der Waals surface area contributed by atoms with Crippen LogP contribution in [0.1, 0.15) is 17.2 Å². The van der Waals surface area contributed by atoms with E-state index in [0.29, 0.717) is 23.6 Å². The van der Waals surface area contributed by atoms with E-state index in [1.807, 2.05) is 12.1 Å². The van der Waals surface area contributed by atoms with Gasteiger partial charge in [-0.1, -0.05) is 35.9 Å². The molecule has 0 spiro atoms. The molecule has 0 bridgehead atoms. The number of halogens is 1. The van der Waals surface area contributed by atoms with Gasteiger partial charge in [0, 0.05) is 36.1 Å². The SMILES string of the molecule is O=C(NCCc1cccnc1)NCC(O)c1ccccc1Cl. The number of aliphatic hydroxyl groups is 1. The molecule has 5 nitrogen and oxygen atoms in total. The monoisotopic (exact) mass is 319 g/mol. The van der Waals surface area contributed by atoms with Crippen LogP contribution in [0.2, 0.25) is 5.02 Å². The van der Waals surface area contributed by atoms with Crippen molar-refractivity contribution in [1.82, 2.24) is 15.6 Å². The Kier molecular flexibility index (Phi) is 6.18. The van der Waals surface area contributed by atoms with Gasteiger partial charge >= 0.3 is 6.03 Å². The summed E-state index contributed by atoms with van der Waals surface area (Å²) in [6, 6.07) is 10.5. The number of benzene rings is 1. The van der Waals surface area contributed by atoms with Crippen LogP contribution in [0.5, 0.6) is 0 Å². The van der Waals surface area contributed by atoms with E-state index in [2.05, 4.69) is 15.6 Å². The fourth-order valence-electron chi connectivity index (χ4n) is 1.97. The topological polar surface area (TPSA) is 74.2 Å². The first-order valence-electron chi connectivity index (χ1n) is 7.00. The first-order valence-corrected chi connectivity index (χ1v) is 7.37. The minimum Gasteiger partial charge on any atom is -0.387 e. The van der Waals surface area contributed by atoms with Crippen LogP contribution in [0.3, 0.4) is 0 Å². The number of carbonyl (C=O) groups excluding carboxylic acids is 1. The third-order valence-electron chi connectivity index (χ3n) is 3.14. The molecule has 1 aromatic heterocycles. The fourth-order valence-corrected chi connectivity index (χ4v) is 2.24. The Bertz CT molecular complexity index is 607. The molecule has 116 valence electrons. The van der Waals surface area contributed by atoms with E-state index in [9.17, 15) is 9.90 Å². The van der Waals surface area contributed by atoms with Crippen molar-refractivity contribution >= 4 is 17.6 Å². The van der Waals surface area contributed by atoms with Crippen LogP contribution >= 0.6 is 11.6 Å².